The second-order valence-corrected chi connectivity index (χ2v) is 5.13. The topological polar surface area (TPSA) is 103 Å². The van der Waals surface area contributed by atoms with Gasteiger partial charge in [-0.25, -0.2) is 4.79 Å². The number of unbranched alkanes of at least 4 members (excludes halogenated alkanes) is 3. The van der Waals surface area contributed by atoms with Crippen LogP contribution in [0.2, 0.25) is 0 Å². The van der Waals surface area contributed by atoms with E-state index in [0.717, 1.165) is 13.0 Å². The number of rotatable bonds is 18. The van der Waals surface area contributed by atoms with Gasteiger partial charge in [-0.05, 0) is 6.42 Å². The van der Waals surface area contributed by atoms with Crippen LogP contribution in [0.5, 0.6) is 0 Å². The van der Waals surface area contributed by atoms with Crippen molar-refractivity contribution in [3.63, 3.8) is 0 Å². The third-order valence-corrected chi connectivity index (χ3v) is 2.91. The van der Waals surface area contributed by atoms with Gasteiger partial charge < -0.3 is 29.4 Å². The van der Waals surface area contributed by atoms with Crippen molar-refractivity contribution in [1.82, 2.24) is 5.32 Å². The Hall–Kier alpha value is -1.22. The zero-order chi connectivity index (χ0) is 17.9. The van der Waals surface area contributed by atoms with Crippen LogP contribution in [0.4, 0.5) is 0 Å². The Labute approximate surface area is 143 Å². The van der Waals surface area contributed by atoms with Crippen LogP contribution in [-0.2, 0) is 28.5 Å². The molecule has 0 saturated heterocycles. The number of carboxylic acid groups (broad SMARTS) is 1. The highest BCUT2D eigenvalue weighted by atomic mass is 16.5. The molecule has 8 heteroatoms. The van der Waals surface area contributed by atoms with Gasteiger partial charge in [0.25, 0.3) is 0 Å². The first-order valence-electron chi connectivity index (χ1n) is 8.46. The van der Waals surface area contributed by atoms with Crippen LogP contribution in [0.3, 0.4) is 0 Å². The first-order valence-corrected chi connectivity index (χ1v) is 8.46. The Balaban J connectivity index is 3.12. The van der Waals surface area contributed by atoms with E-state index in [9.17, 15) is 9.59 Å². The molecule has 0 atom stereocenters. The summed E-state index contributed by atoms with van der Waals surface area (Å²) in [6, 6.07) is 0. The molecular formula is C16H31NO7. The lowest BCUT2D eigenvalue weighted by molar-refractivity contribution is -0.143. The maximum Gasteiger partial charge on any atom is 0.329 e. The molecule has 24 heavy (non-hydrogen) atoms. The van der Waals surface area contributed by atoms with Crippen molar-refractivity contribution < 1.29 is 33.6 Å². The minimum Gasteiger partial charge on any atom is -0.480 e. The predicted molar refractivity (Wildman–Crippen MR) is 88.1 cm³/mol. The zero-order valence-electron chi connectivity index (χ0n) is 14.6. The molecule has 0 saturated carbocycles. The van der Waals surface area contributed by atoms with Gasteiger partial charge in [0.05, 0.1) is 33.0 Å². The lowest BCUT2D eigenvalue weighted by atomic mass is 10.2. The van der Waals surface area contributed by atoms with Gasteiger partial charge >= 0.3 is 5.97 Å². The van der Waals surface area contributed by atoms with Gasteiger partial charge in [0, 0.05) is 13.2 Å². The number of carbonyl (C=O) groups excluding carboxylic acids is 1. The Morgan fingerprint density at radius 2 is 1.42 bits per heavy atom. The van der Waals surface area contributed by atoms with Gasteiger partial charge in [-0.15, -0.1) is 0 Å². The van der Waals surface area contributed by atoms with Crippen LogP contribution in [-0.4, -0.2) is 76.4 Å². The van der Waals surface area contributed by atoms with Crippen molar-refractivity contribution in [2.24, 2.45) is 0 Å². The number of hydrogen-bond donors (Lipinski definition) is 2. The third-order valence-electron chi connectivity index (χ3n) is 2.91. The number of amides is 1. The number of aliphatic carboxylic acids is 1. The largest absolute Gasteiger partial charge is 0.480 e. The predicted octanol–water partition coefficient (Wildman–Crippen LogP) is 0.834. The van der Waals surface area contributed by atoms with Crippen molar-refractivity contribution in [1.29, 1.82) is 0 Å². The first kappa shape index (κ1) is 22.8. The first-order chi connectivity index (χ1) is 11.7. The van der Waals surface area contributed by atoms with Crippen molar-refractivity contribution in [3.05, 3.63) is 0 Å². The number of carboxylic acids is 1. The van der Waals surface area contributed by atoms with E-state index in [2.05, 4.69) is 17.0 Å². The molecule has 0 aromatic heterocycles. The van der Waals surface area contributed by atoms with Crippen LogP contribution < -0.4 is 5.32 Å². The van der Waals surface area contributed by atoms with E-state index in [0.29, 0.717) is 39.6 Å². The summed E-state index contributed by atoms with van der Waals surface area (Å²) in [4.78, 5) is 21.4. The van der Waals surface area contributed by atoms with Gasteiger partial charge in [0.15, 0.2) is 0 Å². The molecule has 0 aromatic carbocycles. The average Bonchev–Trinajstić information content (AvgIpc) is 2.55. The number of ether oxygens (including phenoxy) is 4. The quantitative estimate of drug-likeness (QED) is 0.353. The Bertz CT molecular complexity index is 313. The molecule has 142 valence electrons. The van der Waals surface area contributed by atoms with Crippen LogP contribution >= 0.6 is 0 Å². The maximum atomic E-state index is 11.2. The fraction of sp³-hybridized carbons (Fsp3) is 0.875. The van der Waals surface area contributed by atoms with Crippen LogP contribution in [0.15, 0.2) is 0 Å². The van der Waals surface area contributed by atoms with Crippen LogP contribution in [0.1, 0.15) is 32.6 Å². The summed E-state index contributed by atoms with van der Waals surface area (Å²) in [5.74, 6) is -1.47. The van der Waals surface area contributed by atoms with E-state index in [1.165, 1.54) is 19.3 Å². The maximum absolute atomic E-state index is 11.2. The van der Waals surface area contributed by atoms with E-state index in [-0.39, 0.29) is 12.5 Å². The molecule has 0 heterocycles. The average molecular weight is 349 g/mol. The van der Waals surface area contributed by atoms with Gasteiger partial charge in [-0.3, -0.25) is 4.79 Å². The fourth-order valence-electron chi connectivity index (χ4n) is 1.72. The Morgan fingerprint density at radius 1 is 0.792 bits per heavy atom. The van der Waals surface area contributed by atoms with Crippen molar-refractivity contribution >= 4 is 11.9 Å². The van der Waals surface area contributed by atoms with E-state index < -0.39 is 12.6 Å². The number of hydrogen-bond acceptors (Lipinski definition) is 6. The second-order valence-electron chi connectivity index (χ2n) is 5.13. The number of carbonyl (C=O) groups is 2. The van der Waals surface area contributed by atoms with Crippen molar-refractivity contribution in [2.75, 3.05) is 59.4 Å². The summed E-state index contributed by atoms with van der Waals surface area (Å²) < 4.78 is 20.7. The number of nitrogens with one attached hydrogen (secondary N) is 1. The molecule has 1 amide bonds. The highest BCUT2D eigenvalue weighted by Gasteiger charge is 2.02. The van der Waals surface area contributed by atoms with Gasteiger partial charge in [0.1, 0.15) is 13.2 Å². The molecule has 0 fully saturated rings. The summed E-state index contributed by atoms with van der Waals surface area (Å²) in [7, 11) is 0. The van der Waals surface area contributed by atoms with E-state index >= 15 is 0 Å². The summed E-state index contributed by atoms with van der Waals surface area (Å²) in [6.07, 6.45) is 4.80. The minimum absolute atomic E-state index is 0.270. The minimum atomic E-state index is -1.10. The highest BCUT2D eigenvalue weighted by molar-refractivity contribution is 5.77. The highest BCUT2D eigenvalue weighted by Crippen LogP contribution is 1.98. The smallest absolute Gasteiger partial charge is 0.329 e. The summed E-state index contributed by atoms with van der Waals surface area (Å²) >= 11 is 0. The van der Waals surface area contributed by atoms with Crippen LogP contribution in [0, 0.1) is 0 Å². The molecular weight excluding hydrogens is 318 g/mol. The van der Waals surface area contributed by atoms with E-state index in [1.54, 1.807) is 0 Å². The Morgan fingerprint density at radius 3 is 2.04 bits per heavy atom. The van der Waals surface area contributed by atoms with Gasteiger partial charge in [0.2, 0.25) is 5.91 Å². The molecule has 0 bridgehead atoms. The molecule has 0 rings (SSSR count). The fourth-order valence-corrected chi connectivity index (χ4v) is 1.72. The molecule has 0 aliphatic rings. The monoisotopic (exact) mass is 349 g/mol. The third kappa shape index (κ3) is 18.8. The summed E-state index contributed by atoms with van der Waals surface area (Å²) in [5, 5.41) is 10.9. The molecule has 0 aliphatic carbocycles. The molecule has 0 radical (unpaired) electrons. The second kappa shape index (κ2) is 18.1. The molecule has 0 unspecified atom stereocenters. The zero-order valence-corrected chi connectivity index (χ0v) is 14.6. The van der Waals surface area contributed by atoms with Crippen LogP contribution in [0.25, 0.3) is 0 Å². The van der Waals surface area contributed by atoms with Crippen molar-refractivity contribution in [3.8, 4) is 0 Å². The van der Waals surface area contributed by atoms with E-state index in [1.807, 2.05) is 0 Å². The molecule has 0 aliphatic heterocycles. The normalized spacial score (nSPS) is 10.7. The SMILES string of the molecule is CCCCCCOCCOCCOCCNC(=O)COCC(=O)O. The van der Waals surface area contributed by atoms with Crippen molar-refractivity contribution in [2.45, 2.75) is 32.6 Å². The lowest BCUT2D eigenvalue weighted by Gasteiger charge is -2.08. The summed E-state index contributed by atoms with van der Waals surface area (Å²) in [5.41, 5.74) is 0. The molecule has 0 aromatic rings. The van der Waals surface area contributed by atoms with Gasteiger partial charge in [-0.2, -0.15) is 0 Å². The van der Waals surface area contributed by atoms with Gasteiger partial charge in [-0.1, -0.05) is 26.2 Å². The standard InChI is InChI=1S/C16H31NO7/c1-2-3-4-5-7-21-9-11-23-12-10-22-8-6-17-15(18)13-24-14-16(19)20/h2-14H2,1H3,(H,17,18)(H,19,20). The lowest BCUT2D eigenvalue weighted by Crippen LogP contribution is -2.31. The Kier molecular flexibility index (Phi) is 17.2. The molecule has 2 N–H and O–H groups in total. The van der Waals surface area contributed by atoms with E-state index in [4.69, 9.17) is 19.3 Å². The molecule has 0 spiro atoms. The molecule has 8 nitrogen and oxygen atoms in total. The summed E-state index contributed by atoms with van der Waals surface area (Å²) in [6.45, 7) is 5.00.